The topological polar surface area (TPSA) is 134 Å². The Labute approximate surface area is 296 Å². The molecular formula is C34H46Cl4N8. The van der Waals surface area contributed by atoms with Crippen molar-refractivity contribution in [3.8, 4) is 22.8 Å². The number of rotatable bonds is 14. The molecule has 46 heavy (non-hydrogen) atoms. The molecule has 3 aromatic carbocycles. The van der Waals surface area contributed by atoms with E-state index in [-0.39, 0.29) is 49.6 Å². The maximum absolute atomic E-state index is 6.27. The van der Waals surface area contributed by atoms with E-state index in [0.717, 1.165) is 81.9 Å². The summed E-state index contributed by atoms with van der Waals surface area (Å²) in [6.45, 7) is 5.94. The Hall–Kier alpha value is -3.30. The highest BCUT2D eigenvalue weighted by Crippen LogP contribution is 2.26. The third kappa shape index (κ3) is 10.4. The van der Waals surface area contributed by atoms with Crippen LogP contribution in [0.2, 0.25) is 0 Å². The van der Waals surface area contributed by atoms with Gasteiger partial charge in [-0.1, -0.05) is 76.6 Å². The van der Waals surface area contributed by atoms with E-state index < -0.39 is 0 Å². The zero-order valence-electron chi connectivity index (χ0n) is 26.4. The minimum Gasteiger partial charge on any atom is -0.384 e. The highest BCUT2D eigenvalue weighted by molar-refractivity contribution is 6.01. The van der Waals surface area contributed by atoms with Crippen LogP contribution >= 0.6 is 49.6 Å². The van der Waals surface area contributed by atoms with Crippen LogP contribution in [-0.4, -0.2) is 44.7 Å². The molecule has 0 saturated heterocycles. The SMILES string of the molecule is CCCCCCN=C(N)c1ccc2nc(-c3ccc(-c4nc5ccc(C(N)=NCCCCCC)cc5[nH]4)cc3)[nH]c2c1.Cl.Cl.Cl.Cl. The normalized spacial score (nSPS) is 11.4. The van der Waals surface area contributed by atoms with Crippen LogP contribution in [-0.2, 0) is 0 Å². The molecule has 8 nitrogen and oxygen atoms in total. The third-order valence-corrected chi connectivity index (χ3v) is 7.57. The van der Waals surface area contributed by atoms with E-state index >= 15 is 0 Å². The Bertz CT molecular complexity index is 1570. The number of unbranched alkanes of at least 4 members (excludes halogenated alkanes) is 6. The van der Waals surface area contributed by atoms with Gasteiger partial charge in [-0.25, -0.2) is 9.97 Å². The summed E-state index contributed by atoms with van der Waals surface area (Å²) in [5, 5.41) is 0. The molecule has 0 unspecified atom stereocenters. The predicted molar refractivity (Wildman–Crippen MR) is 205 cm³/mol. The lowest BCUT2D eigenvalue weighted by Crippen LogP contribution is -2.13. The number of nitrogens with one attached hydrogen (secondary N) is 2. The minimum atomic E-state index is 0. The molecule has 2 aromatic heterocycles. The number of amidine groups is 2. The zero-order chi connectivity index (χ0) is 29.3. The maximum atomic E-state index is 6.27. The first kappa shape index (κ1) is 40.7. The Morgan fingerprint density at radius 1 is 0.565 bits per heavy atom. The first-order chi connectivity index (χ1) is 20.6. The molecule has 5 rings (SSSR count). The summed E-state index contributed by atoms with van der Waals surface area (Å²) in [7, 11) is 0. The van der Waals surface area contributed by atoms with E-state index in [4.69, 9.17) is 21.4 Å². The number of aliphatic imine (C=N–C) groups is 2. The first-order valence-corrected chi connectivity index (χ1v) is 15.3. The van der Waals surface area contributed by atoms with E-state index in [1.54, 1.807) is 0 Å². The fourth-order valence-corrected chi connectivity index (χ4v) is 5.06. The molecule has 0 radical (unpaired) electrons. The van der Waals surface area contributed by atoms with Crippen molar-refractivity contribution < 1.29 is 0 Å². The van der Waals surface area contributed by atoms with E-state index in [2.05, 4.69) is 58.1 Å². The Morgan fingerprint density at radius 2 is 0.957 bits per heavy atom. The molecule has 0 fully saturated rings. The lowest BCUT2D eigenvalue weighted by molar-refractivity contribution is 0.675. The average Bonchev–Trinajstić information content (AvgIpc) is 3.64. The number of benzene rings is 3. The molecule has 0 aliphatic carbocycles. The molecule has 2 heterocycles. The molecule has 6 N–H and O–H groups in total. The van der Waals surface area contributed by atoms with Gasteiger partial charge in [0.2, 0.25) is 0 Å². The van der Waals surface area contributed by atoms with Crippen molar-refractivity contribution >= 4 is 83.4 Å². The highest BCUT2D eigenvalue weighted by Gasteiger charge is 2.11. The fourth-order valence-electron chi connectivity index (χ4n) is 5.06. The number of fused-ring (bicyclic) bond motifs is 2. The van der Waals surface area contributed by atoms with Gasteiger partial charge in [0.25, 0.3) is 0 Å². The number of halogens is 4. The van der Waals surface area contributed by atoms with Gasteiger partial charge in [-0.2, -0.15) is 0 Å². The van der Waals surface area contributed by atoms with Gasteiger partial charge in [0.1, 0.15) is 23.3 Å². The maximum Gasteiger partial charge on any atom is 0.138 e. The summed E-state index contributed by atoms with van der Waals surface area (Å²) in [5.41, 5.74) is 20.0. The second kappa shape index (κ2) is 20.0. The van der Waals surface area contributed by atoms with Gasteiger partial charge in [-0.15, -0.1) is 49.6 Å². The number of nitrogens with zero attached hydrogens (tertiary/aromatic N) is 4. The van der Waals surface area contributed by atoms with Gasteiger partial charge in [0, 0.05) is 35.3 Å². The molecule has 0 aliphatic heterocycles. The van der Waals surface area contributed by atoms with E-state index in [0.29, 0.717) is 11.7 Å². The molecule has 0 saturated carbocycles. The van der Waals surface area contributed by atoms with Crippen LogP contribution in [0.4, 0.5) is 0 Å². The number of hydrogen-bond donors (Lipinski definition) is 4. The molecule has 0 aliphatic rings. The van der Waals surface area contributed by atoms with Crippen molar-refractivity contribution in [1.29, 1.82) is 0 Å². The zero-order valence-corrected chi connectivity index (χ0v) is 29.7. The average molecular weight is 709 g/mol. The van der Waals surface area contributed by atoms with Crippen molar-refractivity contribution in [3.05, 3.63) is 71.8 Å². The lowest BCUT2D eigenvalue weighted by Gasteiger charge is -2.02. The molecule has 0 bridgehead atoms. The van der Waals surface area contributed by atoms with Crippen molar-refractivity contribution in [3.63, 3.8) is 0 Å². The monoisotopic (exact) mass is 706 g/mol. The van der Waals surface area contributed by atoms with Crippen LogP contribution in [0.1, 0.15) is 76.3 Å². The number of aromatic amines is 2. The summed E-state index contributed by atoms with van der Waals surface area (Å²) < 4.78 is 0. The fraction of sp³-hybridized carbons (Fsp3) is 0.353. The summed E-state index contributed by atoms with van der Waals surface area (Å²) in [5.74, 6) is 2.76. The van der Waals surface area contributed by atoms with Crippen molar-refractivity contribution in [2.24, 2.45) is 21.5 Å². The molecule has 250 valence electrons. The van der Waals surface area contributed by atoms with Crippen LogP contribution in [0.15, 0.2) is 70.6 Å². The number of nitrogens with two attached hydrogens (primary N) is 2. The smallest absolute Gasteiger partial charge is 0.138 e. The van der Waals surface area contributed by atoms with Crippen LogP contribution in [0.5, 0.6) is 0 Å². The largest absolute Gasteiger partial charge is 0.384 e. The molecule has 12 heteroatoms. The van der Waals surface area contributed by atoms with Gasteiger partial charge in [-0.05, 0) is 49.2 Å². The van der Waals surface area contributed by atoms with Gasteiger partial charge < -0.3 is 21.4 Å². The van der Waals surface area contributed by atoms with Gasteiger partial charge >= 0.3 is 0 Å². The quantitative estimate of drug-likeness (QED) is 0.0520. The van der Waals surface area contributed by atoms with E-state index in [1.807, 2.05) is 36.4 Å². The Morgan fingerprint density at radius 3 is 1.33 bits per heavy atom. The van der Waals surface area contributed by atoms with Crippen molar-refractivity contribution in [2.45, 2.75) is 65.2 Å². The van der Waals surface area contributed by atoms with Gasteiger partial charge in [0.05, 0.1) is 22.1 Å². The van der Waals surface area contributed by atoms with Crippen LogP contribution in [0.25, 0.3) is 44.8 Å². The summed E-state index contributed by atoms with van der Waals surface area (Å²) in [6, 6.07) is 20.2. The van der Waals surface area contributed by atoms with E-state index in [1.165, 1.54) is 38.5 Å². The number of hydrogen-bond acceptors (Lipinski definition) is 4. The van der Waals surface area contributed by atoms with E-state index in [9.17, 15) is 0 Å². The Kier molecular flexibility index (Phi) is 17.7. The number of aromatic nitrogens is 4. The molecular weight excluding hydrogens is 662 g/mol. The summed E-state index contributed by atoms with van der Waals surface area (Å²) in [6.07, 6.45) is 9.43. The predicted octanol–water partition coefficient (Wildman–Crippen LogP) is 9.03. The van der Waals surface area contributed by atoms with Crippen LogP contribution in [0.3, 0.4) is 0 Å². The molecule has 0 spiro atoms. The lowest BCUT2D eigenvalue weighted by atomic mass is 10.1. The summed E-state index contributed by atoms with van der Waals surface area (Å²) in [4.78, 5) is 25.6. The minimum absolute atomic E-state index is 0. The molecule has 5 aromatic rings. The Balaban J connectivity index is 0.00000264. The summed E-state index contributed by atoms with van der Waals surface area (Å²) >= 11 is 0. The highest BCUT2D eigenvalue weighted by atomic mass is 35.5. The molecule has 0 amide bonds. The standard InChI is InChI=1S/C34H42N8.4ClH/c1-3-5-7-9-19-37-31(35)25-15-17-27-29(21-25)41-33(39-27)23-11-13-24(14-12-23)34-40-28-18-16-26(22-30(28)42-34)32(36)38-20-10-8-6-4-2;;;;/h11-18,21-22H,3-10,19-20H2,1-2H3,(H2,35,37)(H2,36,38)(H,39,41)(H,40,42);4*1H. The second-order valence-corrected chi connectivity index (χ2v) is 10.9. The van der Waals surface area contributed by atoms with Crippen molar-refractivity contribution in [2.75, 3.05) is 13.1 Å². The van der Waals surface area contributed by atoms with Crippen LogP contribution in [0, 0.1) is 0 Å². The molecule has 0 atom stereocenters. The third-order valence-electron chi connectivity index (χ3n) is 7.57. The number of H-pyrrole nitrogens is 2. The first-order valence-electron chi connectivity index (χ1n) is 15.3. The van der Waals surface area contributed by atoms with Gasteiger partial charge in [-0.3, -0.25) is 9.98 Å². The van der Waals surface area contributed by atoms with Crippen LogP contribution < -0.4 is 11.5 Å². The number of imidazole rings is 2. The van der Waals surface area contributed by atoms with Crippen molar-refractivity contribution in [1.82, 2.24) is 19.9 Å². The second-order valence-electron chi connectivity index (χ2n) is 10.9. The van der Waals surface area contributed by atoms with Gasteiger partial charge in [0.15, 0.2) is 0 Å².